The van der Waals surface area contributed by atoms with Crippen LogP contribution in [0.5, 0.6) is 0 Å². The molecule has 0 radical (unpaired) electrons. The van der Waals surface area contributed by atoms with E-state index in [1.807, 2.05) is 0 Å². The minimum Gasteiger partial charge on any atom is -0.481 e. The minimum atomic E-state index is -1.50. The second kappa shape index (κ2) is 6.42. The van der Waals surface area contributed by atoms with Gasteiger partial charge in [-0.15, -0.1) is 0 Å². The average molecular weight is 287 g/mol. The number of carboxylic acid groups (broad SMARTS) is 1. The van der Waals surface area contributed by atoms with Gasteiger partial charge >= 0.3 is 5.97 Å². The standard InChI is InChI=1S/C12H14FNO4S/c1-7(4-11(15)16)19(18)6-9-3-2-8(12(14)17)5-10(9)13/h2-3,5,7H,4,6H2,1H3,(H2,14,17)(H,15,16). The highest BCUT2D eigenvalue weighted by molar-refractivity contribution is 7.84. The van der Waals surface area contributed by atoms with Crippen LogP contribution in [0.4, 0.5) is 4.39 Å². The van der Waals surface area contributed by atoms with Crippen LogP contribution >= 0.6 is 0 Å². The molecule has 0 fully saturated rings. The summed E-state index contributed by atoms with van der Waals surface area (Å²) in [5.74, 6) is -2.57. The summed E-state index contributed by atoms with van der Waals surface area (Å²) in [6.45, 7) is 1.53. The number of primary amides is 1. The van der Waals surface area contributed by atoms with E-state index in [1.165, 1.54) is 19.1 Å². The molecule has 0 saturated heterocycles. The van der Waals surface area contributed by atoms with E-state index < -0.39 is 33.7 Å². The van der Waals surface area contributed by atoms with Crippen LogP contribution in [-0.4, -0.2) is 26.4 Å². The van der Waals surface area contributed by atoms with Gasteiger partial charge in [0.15, 0.2) is 0 Å². The molecule has 0 saturated carbocycles. The summed E-state index contributed by atoms with van der Waals surface area (Å²) >= 11 is 0. The summed E-state index contributed by atoms with van der Waals surface area (Å²) in [5, 5.41) is 8.01. The molecule has 1 rings (SSSR count). The summed E-state index contributed by atoms with van der Waals surface area (Å²) in [7, 11) is -1.50. The maximum absolute atomic E-state index is 13.6. The fourth-order valence-electron chi connectivity index (χ4n) is 1.45. The van der Waals surface area contributed by atoms with E-state index in [1.54, 1.807) is 0 Å². The maximum Gasteiger partial charge on any atom is 0.304 e. The van der Waals surface area contributed by atoms with Gasteiger partial charge in [-0.3, -0.25) is 13.8 Å². The Labute approximate surface area is 112 Å². The van der Waals surface area contributed by atoms with Crippen molar-refractivity contribution in [3.05, 3.63) is 35.1 Å². The van der Waals surface area contributed by atoms with Crippen molar-refractivity contribution >= 4 is 22.7 Å². The van der Waals surface area contributed by atoms with Crippen molar-refractivity contribution in [2.24, 2.45) is 5.73 Å². The van der Waals surface area contributed by atoms with E-state index in [2.05, 4.69) is 0 Å². The number of carboxylic acids is 1. The molecule has 0 aliphatic rings. The fraction of sp³-hybridized carbons (Fsp3) is 0.333. The molecule has 1 aromatic rings. The number of benzene rings is 1. The highest BCUT2D eigenvalue weighted by Crippen LogP contribution is 2.15. The number of nitrogens with two attached hydrogens (primary N) is 1. The van der Waals surface area contributed by atoms with Crippen molar-refractivity contribution in [1.82, 2.24) is 0 Å². The van der Waals surface area contributed by atoms with Crippen LogP contribution in [0.3, 0.4) is 0 Å². The van der Waals surface area contributed by atoms with Gasteiger partial charge in [0.1, 0.15) is 5.82 Å². The minimum absolute atomic E-state index is 0.0330. The van der Waals surface area contributed by atoms with E-state index in [0.29, 0.717) is 0 Å². The maximum atomic E-state index is 13.6. The van der Waals surface area contributed by atoms with Gasteiger partial charge in [-0.25, -0.2) is 4.39 Å². The Kier molecular flexibility index (Phi) is 5.17. The second-order valence-corrected chi connectivity index (χ2v) is 5.96. The summed E-state index contributed by atoms with van der Waals surface area (Å²) < 4.78 is 25.4. The van der Waals surface area contributed by atoms with Crippen LogP contribution in [0.15, 0.2) is 18.2 Å². The third-order valence-corrected chi connectivity index (χ3v) is 4.21. The first-order valence-corrected chi connectivity index (χ1v) is 6.86. The number of carbonyl (C=O) groups is 2. The zero-order valence-corrected chi connectivity index (χ0v) is 11.1. The Balaban J connectivity index is 2.80. The lowest BCUT2D eigenvalue weighted by atomic mass is 10.1. The molecule has 0 aliphatic heterocycles. The Morgan fingerprint density at radius 1 is 1.47 bits per heavy atom. The van der Waals surface area contributed by atoms with Gasteiger partial charge in [-0.2, -0.15) is 0 Å². The van der Waals surface area contributed by atoms with E-state index in [0.717, 1.165) is 6.07 Å². The van der Waals surface area contributed by atoms with Crippen molar-refractivity contribution in [3.8, 4) is 0 Å². The molecular weight excluding hydrogens is 273 g/mol. The summed E-state index contributed by atoms with van der Waals surface area (Å²) in [6.07, 6.45) is -0.242. The van der Waals surface area contributed by atoms with Crippen molar-refractivity contribution < 1.29 is 23.3 Å². The summed E-state index contributed by atoms with van der Waals surface area (Å²) in [4.78, 5) is 21.3. The Hall–Kier alpha value is -1.76. The number of aliphatic carboxylic acids is 1. The van der Waals surface area contributed by atoms with Crippen LogP contribution in [0.2, 0.25) is 0 Å². The number of hydrogen-bond acceptors (Lipinski definition) is 3. The molecule has 2 unspecified atom stereocenters. The van der Waals surface area contributed by atoms with Gasteiger partial charge in [0.05, 0.1) is 12.2 Å². The number of amides is 1. The molecule has 104 valence electrons. The highest BCUT2D eigenvalue weighted by atomic mass is 32.2. The molecular formula is C12H14FNO4S. The third kappa shape index (κ3) is 4.44. The molecule has 7 heteroatoms. The van der Waals surface area contributed by atoms with Crippen molar-refractivity contribution in [1.29, 1.82) is 0 Å². The van der Waals surface area contributed by atoms with Crippen molar-refractivity contribution in [2.45, 2.75) is 24.3 Å². The molecule has 0 heterocycles. The number of rotatable bonds is 6. The van der Waals surface area contributed by atoms with Gasteiger partial charge in [-0.1, -0.05) is 13.0 Å². The van der Waals surface area contributed by atoms with Gasteiger partial charge in [0.25, 0.3) is 0 Å². The van der Waals surface area contributed by atoms with Crippen LogP contribution in [0.1, 0.15) is 29.3 Å². The summed E-state index contributed by atoms with van der Waals surface area (Å²) in [6, 6.07) is 3.66. The molecule has 3 N–H and O–H groups in total. The SMILES string of the molecule is CC(CC(=O)O)S(=O)Cc1ccc(C(N)=O)cc1F. The van der Waals surface area contributed by atoms with Crippen LogP contribution in [-0.2, 0) is 21.3 Å². The van der Waals surface area contributed by atoms with Gasteiger partial charge in [-0.05, 0) is 12.1 Å². The molecule has 1 aromatic carbocycles. The fourth-order valence-corrected chi connectivity index (χ4v) is 2.61. The van der Waals surface area contributed by atoms with E-state index >= 15 is 0 Å². The lowest BCUT2D eigenvalue weighted by Crippen LogP contribution is -2.18. The lowest BCUT2D eigenvalue weighted by Gasteiger charge is -2.10. The molecule has 0 spiro atoms. The average Bonchev–Trinajstić information content (AvgIpc) is 2.30. The van der Waals surface area contributed by atoms with Crippen LogP contribution < -0.4 is 5.73 Å². The van der Waals surface area contributed by atoms with Gasteiger partial charge in [0.2, 0.25) is 5.91 Å². The lowest BCUT2D eigenvalue weighted by molar-refractivity contribution is -0.136. The van der Waals surface area contributed by atoms with E-state index in [-0.39, 0.29) is 23.3 Å². The normalized spacial score (nSPS) is 13.8. The molecule has 2 atom stereocenters. The molecule has 1 amide bonds. The molecule has 0 aliphatic carbocycles. The predicted molar refractivity (Wildman–Crippen MR) is 68.5 cm³/mol. The number of carbonyl (C=O) groups excluding carboxylic acids is 1. The monoisotopic (exact) mass is 287 g/mol. The Bertz CT molecular complexity index is 532. The topological polar surface area (TPSA) is 97.5 Å². The van der Waals surface area contributed by atoms with Crippen molar-refractivity contribution in [2.75, 3.05) is 0 Å². The Morgan fingerprint density at radius 3 is 2.58 bits per heavy atom. The first-order valence-electron chi connectivity index (χ1n) is 5.48. The zero-order chi connectivity index (χ0) is 14.6. The van der Waals surface area contributed by atoms with E-state index in [9.17, 15) is 18.2 Å². The smallest absolute Gasteiger partial charge is 0.304 e. The molecule has 5 nitrogen and oxygen atoms in total. The van der Waals surface area contributed by atoms with Crippen molar-refractivity contribution in [3.63, 3.8) is 0 Å². The number of hydrogen-bond donors (Lipinski definition) is 2. The molecule has 0 bridgehead atoms. The molecule has 19 heavy (non-hydrogen) atoms. The predicted octanol–water partition coefficient (Wildman–Crippen LogP) is 1.04. The van der Waals surface area contributed by atoms with Crippen LogP contribution in [0, 0.1) is 5.82 Å². The zero-order valence-electron chi connectivity index (χ0n) is 10.3. The van der Waals surface area contributed by atoms with E-state index in [4.69, 9.17) is 10.8 Å². The quantitative estimate of drug-likeness (QED) is 0.816. The number of halogens is 1. The first kappa shape index (κ1) is 15.3. The highest BCUT2D eigenvalue weighted by Gasteiger charge is 2.17. The first-order chi connectivity index (χ1) is 8.81. The molecule has 0 aromatic heterocycles. The summed E-state index contributed by atoms with van der Waals surface area (Å²) in [5.41, 5.74) is 5.21. The second-order valence-electron chi connectivity index (χ2n) is 4.10. The van der Waals surface area contributed by atoms with Crippen LogP contribution in [0.25, 0.3) is 0 Å². The Morgan fingerprint density at radius 2 is 2.11 bits per heavy atom. The third-order valence-electron chi connectivity index (χ3n) is 2.55. The van der Waals surface area contributed by atoms with Gasteiger partial charge in [0, 0.05) is 27.2 Å². The largest absolute Gasteiger partial charge is 0.481 e. The van der Waals surface area contributed by atoms with Gasteiger partial charge < -0.3 is 10.8 Å².